The van der Waals surface area contributed by atoms with Crippen molar-refractivity contribution < 1.29 is 13.5 Å². The van der Waals surface area contributed by atoms with Crippen molar-refractivity contribution in [3.63, 3.8) is 0 Å². The monoisotopic (exact) mass is 325 g/mol. The van der Waals surface area contributed by atoms with Crippen LogP contribution in [0, 0.1) is 18.8 Å². The molecule has 0 aliphatic heterocycles. The minimum absolute atomic E-state index is 0.0815. The van der Waals surface area contributed by atoms with Crippen molar-refractivity contribution in [2.24, 2.45) is 0 Å². The van der Waals surface area contributed by atoms with Gasteiger partial charge in [-0.15, -0.1) is 11.3 Å². The van der Waals surface area contributed by atoms with E-state index >= 15 is 0 Å². The van der Waals surface area contributed by atoms with Gasteiger partial charge in [0.05, 0.1) is 11.1 Å². The smallest absolute Gasteiger partial charge is 0.260 e. The molecule has 2 N–H and O–H groups in total. The molecule has 21 heavy (non-hydrogen) atoms. The maximum Gasteiger partial charge on any atom is 0.260 e. The third kappa shape index (κ3) is 3.71. The molecule has 2 rings (SSSR count). The summed E-state index contributed by atoms with van der Waals surface area (Å²) in [6, 6.07) is 1.82. The first-order valence-corrected chi connectivity index (χ1v) is 8.40. The largest absolute Gasteiger partial charge is 0.384 e. The van der Waals surface area contributed by atoms with Crippen LogP contribution in [-0.2, 0) is 16.6 Å². The average molecular weight is 325 g/mol. The van der Waals surface area contributed by atoms with Crippen molar-refractivity contribution in [3.8, 4) is 11.8 Å². The summed E-state index contributed by atoms with van der Waals surface area (Å²) in [7, 11) is -2.06. The molecule has 0 saturated heterocycles. The predicted octanol–water partition coefficient (Wildman–Crippen LogP) is 0.944. The van der Waals surface area contributed by atoms with Gasteiger partial charge >= 0.3 is 0 Å². The number of rotatable bonds is 4. The van der Waals surface area contributed by atoms with Gasteiger partial charge in [0.15, 0.2) is 5.03 Å². The molecule has 0 bridgehead atoms. The zero-order valence-electron chi connectivity index (χ0n) is 11.6. The Morgan fingerprint density at radius 1 is 1.52 bits per heavy atom. The number of aliphatic hydroxyl groups excluding tert-OH is 1. The number of H-pyrrole nitrogens is 1. The van der Waals surface area contributed by atoms with E-state index in [1.165, 1.54) is 28.9 Å². The van der Waals surface area contributed by atoms with Crippen molar-refractivity contribution >= 4 is 21.4 Å². The van der Waals surface area contributed by atoms with Crippen LogP contribution in [0.4, 0.5) is 0 Å². The van der Waals surface area contributed by atoms with Gasteiger partial charge in [-0.2, -0.15) is 4.31 Å². The van der Waals surface area contributed by atoms with Gasteiger partial charge < -0.3 is 10.1 Å². The van der Waals surface area contributed by atoms with Gasteiger partial charge in [-0.25, -0.2) is 13.4 Å². The Morgan fingerprint density at radius 3 is 2.90 bits per heavy atom. The first-order chi connectivity index (χ1) is 9.93. The molecule has 6 nitrogen and oxygen atoms in total. The van der Waals surface area contributed by atoms with E-state index in [0.29, 0.717) is 5.82 Å². The van der Waals surface area contributed by atoms with Gasteiger partial charge in [0.25, 0.3) is 10.0 Å². The van der Waals surface area contributed by atoms with Crippen LogP contribution in [0.1, 0.15) is 16.3 Å². The van der Waals surface area contributed by atoms with E-state index in [2.05, 4.69) is 21.8 Å². The molecule has 8 heteroatoms. The van der Waals surface area contributed by atoms with Crippen LogP contribution < -0.4 is 0 Å². The Hall–Kier alpha value is -1.66. The molecule has 2 aromatic heterocycles. The average Bonchev–Trinajstić information content (AvgIpc) is 3.05. The van der Waals surface area contributed by atoms with Gasteiger partial charge in [-0.05, 0) is 23.9 Å². The zero-order valence-corrected chi connectivity index (χ0v) is 13.3. The molecule has 0 aliphatic carbocycles. The molecule has 0 radical (unpaired) electrons. The third-order valence-corrected chi connectivity index (χ3v) is 5.32. The molecule has 0 saturated carbocycles. The minimum atomic E-state index is -3.58. The fraction of sp³-hybridized carbons (Fsp3) is 0.308. The molecule has 0 aliphatic rings. The van der Waals surface area contributed by atoms with E-state index in [-0.39, 0.29) is 18.2 Å². The molecular weight excluding hydrogens is 310 g/mol. The number of hydrogen-bond donors (Lipinski definition) is 2. The summed E-state index contributed by atoms with van der Waals surface area (Å²) in [5, 5.41) is 10.6. The SMILES string of the molecule is Cc1ncc(S(=O)(=O)N(C)Cc2csc(C#CCO)c2)[nH]1. The summed E-state index contributed by atoms with van der Waals surface area (Å²) in [5.74, 6) is 5.91. The molecule has 0 fully saturated rings. The van der Waals surface area contributed by atoms with Crippen molar-refractivity contribution in [2.75, 3.05) is 13.7 Å². The summed E-state index contributed by atoms with van der Waals surface area (Å²) in [6.45, 7) is 1.75. The van der Waals surface area contributed by atoms with Crippen molar-refractivity contribution in [3.05, 3.63) is 33.9 Å². The molecule has 0 amide bonds. The van der Waals surface area contributed by atoms with Crippen LogP contribution in [0.2, 0.25) is 0 Å². The molecule has 0 spiro atoms. The van der Waals surface area contributed by atoms with Crippen LogP contribution in [0.15, 0.2) is 22.7 Å². The standard InChI is InChI=1S/C13H15N3O3S2/c1-10-14-7-13(15-10)21(18,19)16(2)8-11-6-12(20-9-11)4-3-5-17/h6-7,9,17H,5,8H2,1-2H3,(H,14,15). The Bertz CT molecular complexity index is 781. The summed E-state index contributed by atoms with van der Waals surface area (Å²) < 4.78 is 25.9. The molecule has 2 aromatic rings. The second-order valence-electron chi connectivity index (χ2n) is 4.37. The third-order valence-electron chi connectivity index (χ3n) is 2.72. The molecule has 0 atom stereocenters. The van der Waals surface area contributed by atoms with E-state index in [1.54, 1.807) is 6.92 Å². The lowest BCUT2D eigenvalue weighted by atomic mass is 10.3. The number of nitrogens with one attached hydrogen (secondary N) is 1. The summed E-state index contributed by atoms with van der Waals surface area (Å²) in [4.78, 5) is 7.43. The molecule has 0 unspecified atom stereocenters. The number of aryl methyl sites for hydroxylation is 1. The van der Waals surface area contributed by atoms with E-state index < -0.39 is 10.0 Å². The highest BCUT2D eigenvalue weighted by molar-refractivity contribution is 7.89. The Kier molecular flexibility index (Phi) is 4.80. The fourth-order valence-electron chi connectivity index (χ4n) is 1.69. The lowest BCUT2D eigenvalue weighted by Gasteiger charge is -2.14. The number of nitrogens with zero attached hydrogens (tertiary/aromatic N) is 2. The fourth-order valence-corrected chi connectivity index (χ4v) is 3.58. The van der Waals surface area contributed by atoms with Crippen LogP contribution in [0.25, 0.3) is 0 Å². The summed E-state index contributed by atoms with van der Waals surface area (Å²) in [5.41, 5.74) is 0.851. The quantitative estimate of drug-likeness (QED) is 0.819. The number of thiophene rings is 1. The van der Waals surface area contributed by atoms with Crippen molar-refractivity contribution in [2.45, 2.75) is 18.5 Å². The van der Waals surface area contributed by atoms with Crippen molar-refractivity contribution in [1.29, 1.82) is 0 Å². The summed E-state index contributed by atoms with van der Waals surface area (Å²) >= 11 is 1.42. The van der Waals surface area contributed by atoms with Crippen molar-refractivity contribution in [1.82, 2.24) is 14.3 Å². The molecule has 0 aromatic carbocycles. The highest BCUT2D eigenvalue weighted by Gasteiger charge is 2.23. The van der Waals surface area contributed by atoms with E-state index in [0.717, 1.165) is 10.4 Å². The minimum Gasteiger partial charge on any atom is -0.384 e. The normalized spacial score (nSPS) is 11.4. The zero-order chi connectivity index (χ0) is 15.5. The number of aliphatic hydroxyl groups is 1. The van der Waals surface area contributed by atoms with Gasteiger partial charge in [0.1, 0.15) is 12.4 Å². The van der Waals surface area contributed by atoms with Gasteiger partial charge in [-0.3, -0.25) is 0 Å². The lowest BCUT2D eigenvalue weighted by molar-refractivity contribution is 0.350. The number of sulfonamides is 1. The van der Waals surface area contributed by atoms with Gasteiger partial charge in [-0.1, -0.05) is 11.8 Å². The topological polar surface area (TPSA) is 86.3 Å². The predicted molar refractivity (Wildman–Crippen MR) is 80.3 cm³/mol. The second kappa shape index (κ2) is 6.41. The van der Waals surface area contributed by atoms with Crippen LogP contribution in [0.5, 0.6) is 0 Å². The van der Waals surface area contributed by atoms with Gasteiger partial charge in [0, 0.05) is 13.6 Å². The van der Waals surface area contributed by atoms with Crippen LogP contribution in [0.3, 0.4) is 0 Å². The number of aromatic nitrogens is 2. The maximum atomic E-state index is 12.3. The number of imidazole rings is 1. The second-order valence-corrected chi connectivity index (χ2v) is 7.30. The number of hydrogen-bond acceptors (Lipinski definition) is 5. The Morgan fingerprint density at radius 2 is 2.29 bits per heavy atom. The van der Waals surface area contributed by atoms with Crippen LogP contribution >= 0.6 is 11.3 Å². The molecular formula is C13H15N3O3S2. The van der Waals surface area contributed by atoms with E-state index in [9.17, 15) is 8.42 Å². The molecule has 2 heterocycles. The molecule has 112 valence electrons. The maximum absolute atomic E-state index is 12.3. The Labute approximate surface area is 127 Å². The highest BCUT2D eigenvalue weighted by Crippen LogP contribution is 2.19. The lowest BCUT2D eigenvalue weighted by Crippen LogP contribution is -2.26. The van der Waals surface area contributed by atoms with Crippen LogP contribution in [-0.4, -0.2) is 41.5 Å². The number of aromatic amines is 1. The first-order valence-electron chi connectivity index (χ1n) is 6.08. The highest BCUT2D eigenvalue weighted by atomic mass is 32.2. The van der Waals surface area contributed by atoms with E-state index in [1.807, 2.05) is 11.4 Å². The van der Waals surface area contributed by atoms with E-state index in [4.69, 9.17) is 5.11 Å². The van der Waals surface area contributed by atoms with Gasteiger partial charge in [0.2, 0.25) is 0 Å². The summed E-state index contributed by atoms with van der Waals surface area (Å²) in [6.07, 6.45) is 1.31. The first kappa shape index (κ1) is 15.7. The Balaban J connectivity index is 2.14.